The van der Waals surface area contributed by atoms with E-state index in [1.54, 1.807) is 30.3 Å². The third-order valence-corrected chi connectivity index (χ3v) is 6.82. The van der Waals surface area contributed by atoms with Crippen LogP contribution in [0.3, 0.4) is 0 Å². The minimum absolute atomic E-state index is 0.0372. The molecule has 0 radical (unpaired) electrons. The largest absolute Gasteiger partial charge is 0.490 e. The van der Waals surface area contributed by atoms with Crippen LogP contribution in [0.4, 0.5) is 4.39 Å². The Labute approximate surface area is 177 Å². The highest BCUT2D eigenvalue weighted by Crippen LogP contribution is 2.29. The van der Waals surface area contributed by atoms with Crippen LogP contribution in [0.2, 0.25) is 0 Å². The number of ketones is 1. The number of rotatable bonds is 9. The van der Waals surface area contributed by atoms with Gasteiger partial charge >= 0.3 is 0 Å². The van der Waals surface area contributed by atoms with E-state index in [4.69, 9.17) is 4.74 Å². The van der Waals surface area contributed by atoms with Crippen LogP contribution in [0.15, 0.2) is 47.4 Å². The maximum atomic E-state index is 13.9. The van der Waals surface area contributed by atoms with Crippen molar-refractivity contribution in [2.45, 2.75) is 63.5 Å². The van der Waals surface area contributed by atoms with Gasteiger partial charge < -0.3 is 4.74 Å². The lowest BCUT2D eigenvalue weighted by atomic mass is 9.90. The number of ether oxygens (including phenoxy) is 1. The van der Waals surface area contributed by atoms with Gasteiger partial charge in [0.2, 0.25) is 10.0 Å². The molecule has 1 fully saturated rings. The molecule has 0 amide bonds. The summed E-state index contributed by atoms with van der Waals surface area (Å²) in [6, 6.07) is 11.0. The van der Waals surface area contributed by atoms with E-state index in [0.29, 0.717) is 31.4 Å². The Morgan fingerprint density at radius 2 is 1.83 bits per heavy atom. The zero-order valence-electron chi connectivity index (χ0n) is 17.5. The lowest BCUT2D eigenvalue weighted by Crippen LogP contribution is -2.48. The average Bonchev–Trinajstić information content (AvgIpc) is 2.64. The third-order valence-electron chi connectivity index (χ3n) is 5.29. The zero-order valence-corrected chi connectivity index (χ0v) is 18.3. The summed E-state index contributed by atoms with van der Waals surface area (Å²) in [6.07, 6.45) is 1.69. The molecule has 0 aromatic heterocycles. The van der Waals surface area contributed by atoms with Crippen LogP contribution in [0, 0.1) is 18.7 Å². The lowest BCUT2D eigenvalue weighted by Gasteiger charge is -2.35. The number of Topliss-reactive ketones (excluding diaryl/α,β-unsaturated/α-hetero) is 1. The fourth-order valence-corrected chi connectivity index (χ4v) is 4.61. The number of halogens is 1. The van der Waals surface area contributed by atoms with Crippen LogP contribution in [0.25, 0.3) is 0 Å². The van der Waals surface area contributed by atoms with Crippen molar-refractivity contribution in [3.05, 3.63) is 59.4 Å². The van der Waals surface area contributed by atoms with Gasteiger partial charge in [-0.3, -0.25) is 4.79 Å². The molecule has 162 valence electrons. The molecule has 2 aromatic carbocycles. The Morgan fingerprint density at radius 3 is 2.47 bits per heavy atom. The Hall–Kier alpha value is -2.25. The molecule has 0 spiro atoms. The molecule has 0 heterocycles. The average molecular weight is 434 g/mol. The number of aryl methyl sites for hydroxylation is 2. The van der Waals surface area contributed by atoms with Gasteiger partial charge in [-0.15, -0.1) is 0 Å². The molecule has 2 aromatic rings. The monoisotopic (exact) mass is 433 g/mol. The van der Waals surface area contributed by atoms with Crippen molar-refractivity contribution in [1.29, 1.82) is 0 Å². The highest BCUT2D eigenvalue weighted by molar-refractivity contribution is 7.89. The van der Waals surface area contributed by atoms with Crippen molar-refractivity contribution in [3.63, 3.8) is 0 Å². The molecule has 1 saturated carbocycles. The van der Waals surface area contributed by atoms with Crippen LogP contribution in [0.1, 0.15) is 44.2 Å². The molecular formula is C23H28FNO4S. The lowest BCUT2D eigenvalue weighted by molar-refractivity contribution is -0.121. The molecule has 7 heteroatoms. The van der Waals surface area contributed by atoms with Crippen molar-refractivity contribution in [1.82, 2.24) is 4.72 Å². The molecule has 3 rings (SSSR count). The van der Waals surface area contributed by atoms with Gasteiger partial charge in [0.05, 0.1) is 4.90 Å². The van der Waals surface area contributed by atoms with Crippen molar-refractivity contribution >= 4 is 15.8 Å². The van der Waals surface area contributed by atoms with E-state index < -0.39 is 15.8 Å². The van der Waals surface area contributed by atoms with Crippen molar-refractivity contribution in [2.75, 3.05) is 0 Å². The Balaban J connectivity index is 1.53. The predicted octanol–water partition coefficient (Wildman–Crippen LogP) is 4.18. The number of sulfonamides is 1. The summed E-state index contributed by atoms with van der Waals surface area (Å²) in [6.45, 7) is 5.60. The molecular weight excluding hydrogens is 405 g/mol. The number of nitrogens with one attached hydrogen (secondary N) is 1. The summed E-state index contributed by atoms with van der Waals surface area (Å²) in [4.78, 5) is 12.0. The molecule has 0 bridgehead atoms. The number of carbonyl (C=O) groups excluding carboxylic acids is 1. The van der Waals surface area contributed by atoms with E-state index >= 15 is 0 Å². The number of hydrogen-bond acceptors (Lipinski definition) is 4. The van der Waals surface area contributed by atoms with Gasteiger partial charge in [-0.2, -0.15) is 0 Å². The molecule has 1 aliphatic rings. The second-order valence-electron chi connectivity index (χ2n) is 8.26. The fourth-order valence-electron chi connectivity index (χ4n) is 3.34. The number of carbonyl (C=O) groups is 1. The van der Waals surface area contributed by atoms with E-state index in [-0.39, 0.29) is 28.7 Å². The summed E-state index contributed by atoms with van der Waals surface area (Å²) in [5, 5.41) is 0. The van der Waals surface area contributed by atoms with Crippen LogP contribution < -0.4 is 9.46 Å². The number of benzene rings is 2. The summed E-state index contributed by atoms with van der Waals surface area (Å²) in [5.41, 5.74) is 1.71. The third kappa shape index (κ3) is 5.89. The van der Waals surface area contributed by atoms with Gasteiger partial charge in [0, 0.05) is 37.3 Å². The summed E-state index contributed by atoms with van der Waals surface area (Å²) in [5.74, 6) is 0.108. The van der Waals surface area contributed by atoms with Gasteiger partial charge in [0.15, 0.2) is 0 Å². The van der Waals surface area contributed by atoms with Gasteiger partial charge in [-0.05, 0) is 43.2 Å². The van der Waals surface area contributed by atoms with Crippen LogP contribution in [-0.4, -0.2) is 26.3 Å². The quantitative estimate of drug-likeness (QED) is 0.644. The molecule has 0 saturated heterocycles. The van der Waals surface area contributed by atoms with Gasteiger partial charge in [-0.1, -0.05) is 31.5 Å². The Kier molecular flexibility index (Phi) is 6.93. The van der Waals surface area contributed by atoms with Crippen molar-refractivity contribution in [2.24, 2.45) is 5.92 Å². The highest BCUT2D eigenvalue weighted by atomic mass is 32.2. The molecule has 0 atom stereocenters. The first-order valence-corrected chi connectivity index (χ1v) is 11.7. The first-order valence-electron chi connectivity index (χ1n) is 10.2. The SMILES string of the molecule is Cc1ccc(S(=O)(=O)NC2CC(Oc3cc(F)cc(CCC(=O)C(C)C)c3)C2)cc1. The van der Waals surface area contributed by atoms with E-state index in [9.17, 15) is 17.6 Å². The summed E-state index contributed by atoms with van der Waals surface area (Å²) >= 11 is 0. The van der Waals surface area contributed by atoms with Gasteiger partial charge in [-0.25, -0.2) is 17.5 Å². The van der Waals surface area contributed by atoms with E-state index in [1.807, 2.05) is 20.8 Å². The standard InChI is InChI=1S/C23H28FNO4S/c1-15(2)23(26)9-6-17-10-18(24)12-20(11-17)29-21-13-19(14-21)25-30(27,28)22-7-4-16(3)5-8-22/h4-5,7-8,10-12,15,19,21,25H,6,9,13-14H2,1-3H3. The maximum Gasteiger partial charge on any atom is 0.240 e. The second-order valence-corrected chi connectivity index (χ2v) is 9.97. The van der Waals surface area contributed by atoms with Crippen LogP contribution in [-0.2, 0) is 21.2 Å². The molecule has 0 aliphatic heterocycles. The van der Waals surface area contributed by atoms with Crippen molar-refractivity contribution < 1.29 is 22.3 Å². The molecule has 30 heavy (non-hydrogen) atoms. The minimum atomic E-state index is -3.57. The van der Waals surface area contributed by atoms with Crippen LogP contribution >= 0.6 is 0 Å². The van der Waals surface area contributed by atoms with Crippen LogP contribution in [0.5, 0.6) is 5.75 Å². The first-order chi connectivity index (χ1) is 14.1. The fraction of sp³-hybridized carbons (Fsp3) is 0.435. The topological polar surface area (TPSA) is 72.5 Å². The van der Waals surface area contributed by atoms with E-state index in [0.717, 1.165) is 11.1 Å². The Morgan fingerprint density at radius 1 is 1.17 bits per heavy atom. The van der Waals surface area contributed by atoms with Gasteiger partial charge in [0.1, 0.15) is 23.5 Å². The molecule has 5 nitrogen and oxygen atoms in total. The minimum Gasteiger partial charge on any atom is -0.490 e. The number of hydrogen-bond donors (Lipinski definition) is 1. The molecule has 0 unspecified atom stereocenters. The predicted molar refractivity (Wildman–Crippen MR) is 114 cm³/mol. The second kappa shape index (κ2) is 9.27. The van der Waals surface area contributed by atoms with E-state index in [2.05, 4.69) is 4.72 Å². The highest BCUT2D eigenvalue weighted by Gasteiger charge is 2.34. The Bertz CT molecular complexity index is 996. The zero-order chi connectivity index (χ0) is 21.9. The van der Waals surface area contributed by atoms with Gasteiger partial charge in [0.25, 0.3) is 0 Å². The smallest absolute Gasteiger partial charge is 0.240 e. The summed E-state index contributed by atoms with van der Waals surface area (Å²) in [7, 11) is -3.57. The summed E-state index contributed by atoms with van der Waals surface area (Å²) < 4.78 is 47.4. The normalized spacial score (nSPS) is 18.8. The molecule has 1 N–H and O–H groups in total. The maximum absolute atomic E-state index is 13.9. The molecule has 1 aliphatic carbocycles. The first kappa shape index (κ1) is 22.4. The van der Waals surface area contributed by atoms with Crippen molar-refractivity contribution in [3.8, 4) is 5.75 Å². The van der Waals surface area contributed by atoms with E-state index in [1.165, 1.54) is 12.1 Å².